The molecule has 0 aromatic rings. The Morgan fingerprint density at radius 1 is 0.565 bits per heavy atom. The molecule has 0 aromatic carbocycles. The maximum atomic E-state index is 14.2. The molecule has 9 heteroatoms. The van der Waals surface area contributed by atoms with E-state index >= 15 is 0 Å². The van der Waals surface area contributed by atoms with Crippen molar-refractivity contribution in [3.8, 4) is 0 Å². The van der Waals surface area contributed by atoms with Crippen LogP contribution >= 0.6 is 0 Å². The van der Waals surface area contributed by atoms with Gasteiger partial charge in [0, 0.05) is 5.92 Å². The van der Waals surface area contributed by atoms with Gasteiger partial charge in [-0.15, -0.1) is 0 Å². The maximum Gasteiger partial charge on any atom is 0.460 e. The Hall–Kier alpha value is -0.630. The predicted molar refractivity (Wildman–Crippen MR) is 63.7 cm³/mol. The molecule has 0 spiro atoms. The third-order valence-corrected chi connectivity index (χ3v) is 5.21. The van der Waals surface area contributed by atoms with Crippen LogP contribution in [-0.4, -0.2) is 23.9 Å². The second kappa shape index (κ2) is 5.72. The molecule has 2 aliphatic rings. The Bertz CT molecular complexity index is 424. The van der Waals surface area contributed by atoms with Crippen molar-refractivity contribution in [3.05, 3.63) is 0 Å². The second-order valence-electron chi connectivity index (χ2n) is 6.52. The topological polar surface area (TPSA) is 0 Å². The largest absolute Gasteiger partial charge is 0.460 e. The van der Waals surface area contributed by atoms with Crippen molar-refractivity contribution in [3.63, 3.8) is 0 Å². The third kappa shape index (κ3) is 2.81. The molecule has 0 radical (unpaired) electrons. The van der Waals surface area contributed by atoms with Crippen LogP contribution < -0.4 is 0 Å². The lowest BCUT2D eigenvalue weighted by Crippen LogP contribution is -2.64. The number of rotatable bonds is 3. The fraction of sp³-hybridized carbons (Fsp3) is 1.00. The summed E-state index contributed by atoms with van der Waals surface area (Å²) >= 11 is 0. The van der Waals surface area contributed by atoms with Gasteiger partial charge in [-0.05, 0) is 24.7 Å². The highest BCUT2D eigenvalue weighted by Crippen LogP contribution is 2.59. The Morgan fingerprint density at radius 3 is 1.65 bits per heavy atom. The van der Waals surface area contributed by atoms with Gasteiger partial charge in [0.15, 0.2) is 0 Å². The van der Waals surface area contributed by atoms with Crippen LogP contribution in [-0.2, 0) is 0 Å². The summed E-state index contributed by atoms with van der Waals surface area (Å²) in [5.41, 5.74) is 0. The first kappa shape index (κ1) is 18.7. The van der Waals surface area contributed by atoms with Crippen LogP contribution in [0.25, 0.3) is 0 Å². The Kier molecular flexibility index (Phi) is 4.65. The van der Waals surface area contributed by atoms with Gasteiger partial charge < -0.3 is 0 Å². The van der Waals surface area contributed by atoms with Crippen LogP contribution in [0, 0.1) is 17.8 Å². The molecule has 2 saturated carbocycles. The Balaban J connectivity index is 2.35. The number of halogens is 9. The highest BCUT2D eigenvalue weighted by molar-refractivity contribution is 5.05. The van der Waals surface area contributed by atoms with E-state index in [-0.39, 0.29) is 18.8 Å². The van der Waals surface area contributed by atoms with Gasteiger partial charge in [0.1, 0.15) is 0 Å². The minimum atomic E-state index is -6.77. The molecule has 3 unspecified atom stereocenters. The first-order valence-electron chi connectivity index (χ1n) is 7.54. The van der Waals surface area contributed by atoms with Gasteiger partial charge in [0.05, 0.1) is 0 Å². The molecule has 0 saturated heterocycles. The van der Waals surface area contributed by atoms with Gasteiger partial charge in [-0.2, -0.15) is 39.5 Å². The standard InChI is InChI=1S/C14H17F9/c15-11(16,12(17,18)13(19,20)14(21,22)23)10-7-3-5-8-4-1-2-6-9(8)10/h8-10H,1-7H2. The molecular weight excluding hydrogens is 339 g/mol. The molecule has 0 heterocycles. The molecule has 2 aliphatic carbocycles. The van der Waals surface area contributed by atoms with Crippen LogP contribution in [0.5, 0.6) is 0 Å². The quantitative estimate of drug-likeness (QED) is 0.539. The average Bonchev–Trinajstić information content (AvgIpc) is 2.45. The molecule has 0 bridgehead atoms. The van der Waals surface area contributed by atoms with Crippen LogP contribution in [0.3, 0.4) is 0 Å². The summed E-state index contributed by atoms with van der Waals surface area (Å²) in [6, 6.07) is 0. The zero-order valence-corrected chi connectivity index (χ0v) is 12.1. The molecular formula is C14H17F9. The molecule has 23 heavy (non-hydrogen) atoms. The lowest BCUT2D eigenvalue weighted by Gasteiger charge is -2.47. The summed E-state index contributed by atoms with van der Waals surface area (Å²) in [4.78, 5) is 0. The Labute approximate surface area is 127 Å². The van der Waals surface area contributed by atoms with E-state index in [0.717, 1.165) is 6.42 Å². The van der Waals surface area contributed by atoms with Crippen LogP contribution in [0.1, 0.15) is 44.9 Å². The van der Waals surface area contributed by atoms with Crippen molar-refractivity contribution >= 4 is 0 Å². The minimum Gasteiger partial charge on any atom is -0.199 e. The Morgan fingerprint density at radius 2 is 1.09 bits per heavy atom. The number of hydrogen-bond donors (Lipinski definition) is 0. The lowest BCUT2D eigenvalue weighted by atomic mass is 9.62. The van der Waals surface area contributed by atoms with E-state index in [1.165, 1.54) is 0 Å². The second-order valence-corrected chi connectivity index (χ2v) is 6.52. The van der Waals surface area contributed by atoms with Gasteiger partial charge >= 0.3 is 23.9 Å². The summed E-state index contributed by atoms with van der Waals surface area (Å²) in [6.07, 6.45) is -4.62. The first-order chi connectivity index (χ1) is 10.3. The van der Waals surface area contributed by atoms with Gasteiger partial charge in [0.2, 0.25) is 0 Å². The molecule has 3 atom stereocenters. The number of alkyl halides is 9. The van der Waals surface area contributed by atoms with Crippen molar-refractivity contribution in [2.24, 2.45) is 17.8 Å². The van der Waals surface area contributed by atoms with Crippen molar-refractivity contribution in [1.82, 2.24) is 0 Å². The predicted octanol–water partition coefficient (Wildman–Crippen LogP) is 6.06. The van der Waals surface area contributed by atoms with Crippen molar-refractivity contribution in [2.75, 3.05) is 0 Å². The molecule has 0 aromatic heterocycles. The van der Waals surface area contributed by atoms with E-state index in [0.29, 0.717) is 19.3 Å². The fourth-order valence-electron chi connectivity index (χ4n) is 4.01. The van der Waals surface area contributed by atoms with Crippen molar-refractivity contribution < 1.29 is 39.5 Å². The molecule has 0 aliphatic heterocycles. The van der Waals surface area contributed by atoms with Gasteiger partial charge in [0.25, 0.3) is 0 Å². The first-order valence-corrected chi connectivity index (χ1v) is 7.54. The van der Waals surface area contributed by atoms with Crippen molar-refractivity contribution in [2.45, 2.75) is 68.9 Å². The minimum absolute atomic E-state index is 0.134. The average molecular weight is 356 g/mol. The van der Waals surface area contributed by atoms with Gasteiger partial charge in [-0.1, -0.05) is 32.1 Å². The van der Waals surface area contributed by atoms with E-state index in [4.69, 9.17) is 0 Å². The number of fused-ring (bicyclic) bond motifs is 1. The van der Waals surface area contributed by atoms with Crippen LogP contribution in [0.15, 0.2) is 0 Å². The van der Waals surface area contributed by atoms with Gasteiger partial charge in [-0.25, -0.2) is 0 Å². The molecule has 0 amide bonds. The maximum absolute atomic E-state index is 14.2. The van der Waals surface area contributed by atoms with E-state index in [2.05, 4.69) is 0 Å². The third-order valence-electron chi connectivity index (χ3n) is 5.21. The molecule has 2 rings (SSSR count). The zero-order valence-electron chi connectivity index (χ0n) is 12.1. The molecule has 136 valence electrons. The SMILES string of the molecule is FC(F)(F)C(F)(F)C(F)(F)C(F)(F)C1CCCC2CCCCC21. The summed E-state index contributed by atoms with van der Waals surface area (Å²) in [5, 5.41) is 0. The van der Waals surface area contributed by atoms with E-state index in [1.807, 2.05) is 0 Å². The summed E-state index contributed by atoms with van der Waals surface area (Å²) in [6.45, 7) is 0. The smallest absolute Gasteiger partial charge is 0.199 e. The van der Waals surface area contributed by atoms with Crippen LogP contribution in [0.4, 0.5) is 39.5 Å². The summed E-state index contributed by atoms with van der Waals surface area (Å²) in [5.74, 6) is -22.0. The summed E-state index contributed by atoms with van der Waals surface area (Å²) < 4.78 is 118. The van der Waals surface area contributed by atoms with Crippen LogP contribution in [0.2, 0.25) is 0 Å². The number of hydrogen-bond acceptors (Lipinski definition) is 0. The molecule has 2 fully saturated rings. The highest BCUT2D eigenvalue weighted by Gasteiger charge is 2.83. The summed E-state index contributed by atoms with van der Waals surface area (Å²) in [7, 11) is 0. The van der Waals surface area contributed by atoms with E-state index in [9.17, 15) is 39.5 Å². The monoisotopic (exact) mass is 356 g/mol. The fourth-order valence-corrected chi connectivity index (χ4v) is 4.01. The van der Waals surface area contributed by atoms with E-state index in [1.54, 1.807) is 0 Å². The molecule has 0 N–H and O–H groups in total. The van der Waals surface area contributed by atoms with Gasteiger partial charge in [-0.3, -0.25) is 0 Å². The highest BCUT2D eigenvalue weighted by atomic mass is 19.4. The molecule has 0 nitrogen and oxygen atoms in total. The van der Waals surface area contributed by atoms with Crippen molar-refractivity contribution in [1.29, 1.82) is 0 Å². The zero-order chi connectivity index (χ0) is 17.7. The normalized spacial score (nSPS) is 30.9. The lowest BCUT2D eigenvalue weighted by molar-refractivity contribution is -0.406. The van der Waals surface area contributed by atoms with E-state index < -0.39 is 42.2 Å².